The predicted octanol–water partition coefficient (Wildman–Crippen LogP) is 4.34. The number of rotatable bonds is 19. The Kier molecular flexibility index (Phi) is 15.6. The summed E-state index contributed by atoms with van der Waals surface area (Å²) in [5.41, 5.74) is 0.0153. The molecule has 288 valence electrons. The molecule has 1 aromatic carbocycles. The lowest BCUT2D eigenvalue weighted by atomic mass is 9.89. The smallest absolute Gasteiger partial charge is 0.329 e. The molecule has 1 saturated heterocycles. The minimum absolute atomic E-state index is 0.00468. The number of likely N-dealkylation sites (N-methyl/N-ethyl adjacent to an activating group) is 1. The molecule has 0 bridgehead atoms. The summed E-state index contributed by atoms with van der Waals surface area (Å²) in [5.74, 6) is -2.16. The molecule has 1 fully saturated rings. The van der Waals surface area contributed by atoms with Gasteiger partial charge in [0.25, 0.3) is 0 Å². The number of amides is 3. The topological polar surface area (TPSA) is 163 Å². The Bertz CT molecular complexity index is 1490. The number of ether oxygens (including phenoxy) is 2. The molecule has 8 atom stereocenters. The summed E-state index contributed by atoms with van der Waals surface area (Å²) in [6, 6.07) is 9.54. The van der Waals surface area contributed by atoms with E-state index in [1.807, 2.05) is 58.0 Å². The van der Waals surface area contributed by atoms with E-state index in [1.165, 1.54) is 20.4 Å². The summed E-state index contributed by atoms with van der Waals surface area (Å²) >= 11 is 0. The van der Waals surface area contributed by atoms with Gasteiger partial charge in [-0.3, -0.25) is 14.4 Å². The molecule has 1 aliphatic heterocycles. The minimum Gasteiger partial charge on any atom is -0.480 e. The number of nitrogens with one attached hydrogen (secondary N) is 2. The van der Waals surface area contributed by atoms with E-state index in [0.717, 1.165) is 24.1 Å². The normalized spacial score (nSPS) is 19.1. The van der Waals surface area contributed by atoms with Crippen LogP contribution in [0.25, 0.3) is 0 Å². The first-order chi connectivity index (χ1) is 24.6. The van der Waals surface area contributed by atoms with Gasteiger partial charge in [-0.15, -0.1) is 0 Å². The first-order valence-electron chi connectivity index (χ1n) is 18.3. The fraction of sp³-hybridized carbons (Fsp3) is 0.641. The number of methoxy groups -OCH3 is 2. The fourth-order valence-electron chi connectivity index (χ4n) is 7.30. The number of likely N-dealkylation sites (tertiary alicyclic amines) is 1. The number of nitrogens with zero attached hydrogens (tertiary/aromatic N) is 4. The third-order valence-electron chi connectivity index (χ3n) is 10.6. The van der Waals surface area contributed by atoms with Crippen molar-refractivity contribution in [1.29, 1.82) is 0 Å². The molecule has 0 saturated carbocycles. The lowest BCUT2D eigenvalue weighted by Gasteiger charge is -2.41. The standard InChI is InChI=1S/C39H60N6O7/c1-11-25(4)34(44(8)37(48)33(24(2)3)42-31-20-26(5)40-23-41-31)30(51-9)21-32(46)45-19-15-18-29(45)35(52-10)27(6)36(47)43-39(7,38(49)50)22-28-16-13-12-14-17-28/h12-14,16-17,20,23-25,27,29-30,33-35H,11,15,18-19,21-22H2,1-10H3,(H,43,47)(H,49,50)(H,40,41,42)/t25-,27+,29-,30+,33-,34-,35+,39-/m0/s1. The van der Waals surface area contributed by atoms with Crippen molar-refractivity contribution in [2.45, 2.75) is 116 Å². The van der Waals surface area contributed by atoms with Gasteiger partial charge in [0, 0.05) is 46.0 Å². The maximum atomic E-state index is 14.2. The molecular formula is C39H60N6O7. The molecule has 52 heavy (non-hydrogen) atoms. The largest absolute Gasteiger partial charge is 0.480 e. The van der Waals surface area contributed by atoms with Crippen LogP contribution in [0.15, 0.2) is 42.7 Å². The van der Waals surface area contributed by atoms with Crippen LogP contribution in [0, 0.1) is 24.7 Å². The van der Waals surface area contributed by atoms with E-state index in [-0.39, 0.29) is 36.5 Å². The molecule has 3 N–H and O–H groups in total. The number of carbonyl (C=O) groups is 4. The van der Waals surface area contributed by atoms with Crippen molar-refractivity contribution in [2.24, 2.45) is 17.8 Å². The number of aliphatic carboxylic acids is 1. The molecule has 13 heteroatoms. The Hall–Kier alpha value is -4.10. The zero-order valence-corrected chi connectivity index (χ0v) is 32.6. The van der Waals surface area contributed by atoms with Crippen LogP contribution < -0.4 is 10.6 Å². The van der Waals surface area contributed by atoms with Gasteiger partial charge in [-0.05, 0) is 44.1 Å². The number of carboxylic acids is 1. The molecule has 0 radical (unpaired) electrons. The van der Waals surface area contributed by atoms with Gasteiger partial charge in [0.15, 0.2) is 0 Å². The zero-order valence-electron chi connectivity index (χ0n) is 32.6. The van der Waals surface area contributed by atoms with Gasteiger partial charge in [-0.1, -0.05) is 71.4 Å². The first-order valence-corrected chi connectivity index (χ1v) is 18.3. The quantitative estimate of drug-likeness (QED) is 0.190. The summed E-state index contributed by atoms with van der Waals surface area (Å²) in [6.45, 7) is 13.6. The highest BCUT2D eigenvalue weighted by Gasteiger charge is 2.44. The number of hydrogen-bond donors (Lipinski definition) is 3. The molecule has 0 spiro atoms. The summed E-state index contributed by atoms with van der Waals surface area (Å²) in [4.78, 5) is 66.3. The highest BCUT2D eigenvalue weighted by atomic mass is 16.5. The van der Waals surface area contributed by atoms with Crippen LogP contribution in [0.1, 0.15) is 78.5 Å². The summed E-state index contributed by atoms with van der Waals surface area (Å²) < 4.78 is 11.9. The minimum atomic E-state index is -1.55. The molecular weight excluding hydrogens is 664 g/mol. The van der Waals surface area contributed by atoms with Crippen molar-refractivity contribution in [3.05, 3.63) is 54.0 Å². The van der Waals surface area contributed by atoms with Gasteiger partial charge < -0.3 is 35.0 Å². The number of hydrogen-bond acceptors (Lipinski definition) is 9. The number of carbonyl (C=O) groups excluding carboxylic acids is 3. The van der Waals surface area contributed by atoms with E-state index in [2.05, 4.69) is 27.5 Å². The average molecular weight is 725 g/mol. The van der Waals surface area contributed by atoms with Crippen LogP contribution in [0.5, 0.6) is 0 Å². The maximum absolute atomic E-state index is 14.2. The molecule has 3 rings (SSSR count). The van der Waals surface area contributed by atoms with Crippen molar-refractivity contribution < 1.29 is 33.8 Å². The summed E-state index contributed by atoms with van der Waals surface area (Å²) in [5, 5.41) is 16.2. The van der Waals surface area contributed by atoms with Crippen molar-refractivity contribution in [1.82, 2.24) is 25.1 Å². The van der Waals surface area contributed by atoms with E-state index in [1.54, 1.807) is 36.9 Å². The Morgan fingerprint density at radius 2 is 1.75 bits per heavy atom. The lowest BCUT2D eigenvalue weighted by Crippen LogP contribution is -2.58. The van der Waals surface area contributed by atoms with Crippen molar-refractivity contribution >= 4 is 29.5 Å². The van der Waals surface area contributed by atoms with Gasteiger partial charge in [-0.2, -0.15) is 0 Å². The highest BCUT2D eigenvalue weighted by Crippen LogP contribution is 2.30. The Morgan fingerprint density at radius 1 is 1.08 bits per heavy atom. The van der Waals surface area contributed by atoms with E-state index >= 15 is 0 Å². The number of anilines is 1. The number of benzene rings is 1. The van der Waals surface area contributed by atoms with E-state index in [0.29, 0.717) is 18.8 Å². The third kappa shape index (κ3) is 10.5. The van der Waals surface area contributed by atoms with Crippen LogP contribution in [0.3, 0.4) is 0 Å². The molecule has 0 aliphatic carbocycles. The summed E-state index contributed by atoms with van der Waals surface area (Å²) in [6.07, 6.45) is 2.40. The van der Waals surface area contributed by atoms with E-state index in [9.17, 15) is 24.3 Å². The van der Waals surface area contributed by atoms with Crippen LogP contribution in [-0.4, -0.2) is 112 Å². The van der Waals surface area contributed by atoms with Crippen molar-refractivity contribution in [3.8, 4) is 0 Å². The zero-order chi connectivity index (χ0) is 38.7. The monoisotopic (exact) mass is 724 g/mol. The molecule has 1 aromatic heterocycles. The molecule has 3 amide bonds. The Morgan fingerprint density at radius 3 is 2.31 bits per heavy atom. The first kappa shape index (κ1) is 42.3. The average Bonchev–Trinajstić information content (AvgIpc) is 3.60. The molecule has 13 nitrogen and oxygen atoms in total. The molecule has 2 aromatic rings. The van der Waals surface area contributed by atoms with Gasteiger partial charge in [0.1, 0.15) is 23.7 Å². The second-order valence-electron chi connectivity index (χ2n) is 14.8. The number of carboxylic acid groups (broad SMARTS) is 1. The third-order valence-corrected chi connectivity index (χ3v) is 10.6. The molecule has 2 heterocycles. The van der Waals surface area contributed by atoms with E-state index < -0.39 is 53.7 Å². The van der Waals surface area contributed by atoms with Gasteiger partial charge in [-0.25, -0.2) is 14.8 Å². The molecule has 1 aliphatic rings. The van der Waals surface area contributed by atoms with Crippen LogP contribution in [-0.2, 0) is 35.1 Å². The molecule has 0 unspecified atom stereocenters. The lowest BCUT2D eigenvalue weighted by molar-refractivity contribution is -0.150. The van der Waals surface area contributed by atoms with Gasteiger partial charge in [0.2, 0.25) is 17.7 Å². The Labute approximate surface area is 309 Å². The van der Waals surface area contributed by atoms with Crippen molar-refractivity contribution in [3.63, 3.8) is 0 Å². The van der Waals surface area contributed by atoms with E-state index in [4.69, 9.17) is 9.47 Å². The van der Waals surface area contributed by atoms with Crippen LogP contribution in [0.4, 0.5) is 5.82 Å². The van der Waals surface area contributed by atoms with Gasteiger partial charge in [0.05, 0.1) is 36.6 Å². The number of aryl methyl sites for hydroxylation is 1. The number of aromatic nitrogens is 2. The van der Waals surface area contributed by atoms with Crippen molar-refractivity contribution in [2.75, 3.05) is 33.1 Å². The second-order valence-corrected chi connectivity index (χ2v) is 14.8. The SMILES string of the molecule is CC[C@H](C)[C@@H]([C@@H](CC(=O)N1CCC[C@H]1[C@H](OC)[C@@H](C)C(=O)N[C@@](C)(Cc1ccccc1)C(=O)O)OC)N(C)C(=O)[C@@H](Nc1cc(C)ncn1)C(C)C. The maximum Gasteiger partial charge on any atom is 0.329 e. The highest BCUT2D eigenvalue weighted by molar-refractivity contribution is 5.88. The summed E-state index contributed by atoms with van der Waals surface area (Å²) in [7, 11) is 4.84. The van der Waals surface area contributed by atoms with Gasteiger partial charge >= 0.3 is 5.97 Å². The van der Waals surface area contributed by atoms with Crippen LogP contribution in [0.2, 0.25) is 0 Å². The fourth-order valence-corrected chi connectivity index (χ4v) is 7.30. The predicted molar refractivity (Wildman–Crippen MR) is 199 cm³/mol. The van der Waals surface area contributed by atoms with Crippen LogP contribution >= 0.6 is 0 Å². The Balaban J connectivity index is 1.79. The second kappa shape index (κ2) is 19.1.